The third kappa shape index (κ3) is 10.5. The van der Waals surface area contributed by atoms with Gasteiger partial charge in [0.2, 0.25) is 0 Å². The van der Waals surface area contributed by atoms with Crippen molar-refractivity contribution < 1.29 is 17.5 Å². The zero-order valence-corrected chi connectivity index (χ0v) is 14.3. The summed E-state index contributed by atoms with van der Waals surface area (Å²) < 4.78 is 33.8. The van der Waals surface area contributed by atoms with Gasteiger partial charge in [-0.1, -0.05) is 40.0 Å². The molecule has 0 saturated heterocycles. The molecule has 0 spiro atoms. The Hall–Kier alpha value is -0.910. The van der Waals surface area contributed by atoms with Crippen LogP contribution in [0.15, 0.2) is 36.8 Å². The van der Waals surface area contributed by atoms with Crippen LogP contribution >= 0.6 is 0 Å². The lowest BCUT2D eigenvalue weighted by molar-refractivity contribution is -0.760. The molecule has 0 fully saturated rings. The van der Waals surface area contributed by atoms with Gasteiger partial charge in [-0.3, -0.25) is 0 Å². The van der Waals surface area contributed by atoms with Gasteiger partial charge >= 0.3 is 0 Å². The van der Waals surface area contributed by atoms with E-state index in [0.717, 1.165) is 38.5 Å². The van der Waals surface area contributed by atoms with Gasteiger partial charge in [-0.05, 0) is 37.5 Å². The molecule has 0 N–H and O–H groups in total. The first kappa shape index (κ1) is 20.1. The first-order valence-corrected chi connectivity index (χ1v) is 9.30. The van der Waals surface area contributed by atoms with Crippen molar-refractivity contribution in [1.29, 1.82) is 0 Å². The van der Waals surface area contributed by atoms with Crippen molar-refractivity contribution in [2.24, 2.45) is 0 Å². The molecule has 0 rings (SSSR count). The summed E-state index contributed by atoms with van der Waals surface area (Å²) in [6.07, 6.45) is 16.8. The normalized spacial score (nSPS) is 13.9. The van der Waals surface area contributed by atoms with Crippen LogP contribution in [0.5, 0.6) is 0 Å². The monoisotopic (exact) mass is 315 g/mol. The van der Waals surface area contributed by atoms with E-state index in [-0.39, 0.29) is 4.48 Å². The van der Waals surface area contributed by atoms with Crippen LogP contribution in [0.3, 0.4) is 0 Å². The highest BCUT2D eigenvalue weighted by Crippen LogP contribution is 2.16. The summed E-state index contributed by atoms with van der Waals surface area (Å²) >= 11 is 0. The molecule has 4 nitrogen and oxygen atoms in total. The summed E-state index contributed by atoms with van der Waals surface area (Å²) in [7, 11) is -4.32. The van der Waals surface area contributed by atoms with Crippen LogP contribution in [0.25, 0.3) is 0 Å². The SMILES string of the molecule is CCC/C=C/[N+](/C=C/CCC)(/C=C/CCC)CS(=O)(=O)[O-]. The van der Waals surface area contributed by atoms with E-state index in [2.05, 4.69) is 20.8 Å². The molecule has 0 amide bonds. The Morgan fingerprint density at radius 3 is 1.38 bits per heavy atom. The zero-order valence-electron chi connectivity index (χ0n) is 13.5. The van der Waals surface area contributed by atoms with E-state index in [1.54, 1.807) is 18.6 Å². The minimum atomic E-state index is -4.32. The van der Waals surface area contributed by atoms with Crippen molar-refractivity contribution in [2.75, 3.05) is 5.88 Å². The molecule has 0 aromatic carbocycles. The first-order valence-electron chi connectivity index (χ1n) is 7.73. The van der Waals surface area contributed by atoms with Crippen LogP contribution in [0.2, 0.25) is 0 Å². The molecule has 0 aliphatic carbocycles. The van der Waals surface area contributed by atoms with Crippen molar-refractivity contribution in [3.63, 3.8) is 0 Å². The molecule has 0 atom stereocenters. The van der Waals surface area contributed by atoms with Gasteiger partial charge in [0.25, 0.3) is 0 Å². The first-order chi connectivity index (χ1) is 9.89. The lowest BCUT2D eigenvalue weighted by Crippen LogP contribution is -2.36. The Morgan fingerprint density at radius 1 is 0.810 bits per heavy atom. The van der Waals surface area contributed by atoms with Gasteiger partial charge in [0.15, 0.2) is 5.88 Å². The molecule has 5 heteroatoms. The fourth-order valence-corrected chi connectivity index (χ4v) is 2.67. The number of nitrogens with zero attached hydrogens (tertiary/aromatic N) is 1. The Kier molecular flexibility index (Phi) is 10.3. The standard InChI is InChI=1S/C16H29NO3S/c1-4-7-10-13-17(14-11-8-5-2,15-12-9-6-3)16-21(18,19)20/h10-15H,4-9,16H2,1-3H3/b13-10+,14-11+,15-12+. The average Bonchev–Trinajstić information content (AvgIpc) is 2.38. The summed E-state index contributed by atoms with van der Waals surface area (Å²) in [4.78, 5) is 0. The van der Waals surface area contributed by atoms with Gasteiger partial charge in [-0.25, -0.2) is 12.9 Å². The smallest absolute Gasteiger partial charge is 0.181 e. The van der Waals surface area contributed by atoms with E-state index in [0.29, 0.717) is 0 Å². The van der Waals surface area contributed by atoms with Crippen molar-refractivity contribution in [2.45, 2.75) is 59.3 Å². The molecule has 0 unspecified atom stereocenters. The highest BCUT2D eigenvalue weighted by atomic mass is 32.2. The second kappa shape index (κ2) is 10.8. The maximum absolute atomic E-state index is 11.3. The third-order valence-corrected chi connectivity index (χ3v) is 3.66. The fourth-order valence-electron chi connectivity index (χ4n) is 1.86. The van der Waals surface area contributed by atoms with Crippen molar-refractivity contribution in [3.8, 4) is 0 Å². The predicted octanol–water partition coefficient (Wildman–Crippen LogP) is 4.25. The van der Waals surface area contributed by atoms with Crippen molar-refractivity contribution >= 4 is 10.1 Å². The highest BCUT2D eigenvalue weighted by Gasteiger charge is 2.22. The zero-order chi connectivity index (χ0) is 16.2. The van der Waals surface area contributed by atoms with Gasteiger partial charge in [-0.15, -0.1) is 0 Å². The van der Waals surface area contributed by atoms with E-state index in [1.165, 1.54) is 0 Å². The lowest BCUT2D eigenvalue weighted by atomic mass is 10.3. The highest BCUT2D eigenvalue weighted by molar-refractivity contribution is 7.85. The molecule has 122 valence electrons. The number of hydrogen-bond acceptors (Lipinski definition) is 3. The van der Waals surface area contributed by atoms with Crippen LogP contribution in [-0.2, 0) is 10.1 Å². The third-order valence-electron chi connectivity index (χ3n) is 2.90. The quantitative estimate of drug-likeness (QED) is 0.423. The number of hydrogen-bond donors (Lipinski definition) is 0. The van der Waals surface area contributed by atoms with Gasteiger partial charge in [0, 0.05) is 0 Å². The van der Waals surface area contributed by atoms with E-state index < -0.39 is 16.0 Å². The molecule has 0 heterocycles. The fraction of sp³-hybridized carbons (Fsp3) is 0.625. The van der Waals surface area contributed by atoms with Crippen molar-refractivity contribution in [3.05, 3.63) is 36.8 Å². The Balaban J connectivity index is 5.45. The Labute approximate surface area is 130 Å². The second-order valence-corrected chi connectivity index (χ2v) is 6.58. The van der Waals surface area contributed by atoms with Gasteiger partial charge in [-0.2, -0.15) is 0 Å². The molecule has 0 bridgehead atoms. The predicted molar refractivity (Wildman–Crippen MR) is 87.0 cm³/mol. The topological polar surface area (TPSA) is 57.2 Å². The maximum Gasteiger partial charge on any atom is 0.181 e. The van der Waals surface area contributed by atoms with Crippen LogP contribution in [0.4, 0.5) is 0 Å². The van der Waals surface area contributed by atoms with Crippen molar-refractivity contribution in [1.82, 2.24) is 0 Å². The van der Waals surface area contributed by atoms with Crippen LogP contribution in [0, 0.1) is 0 Å². The van der Waals surface area contributed by atoms with E-state index >= 15 is 0 Å². The molecule has 21 heavy (non-hydrogen) atoms. The summed E-state index contributed by atoms with van der Waals surface area (Å²) in [6.45, 7) is 6.18. The molecular weight excluding hydrogens is 286 g/mol. The average molecular weight is 315 g/mol. The van der Waals surface area contributed by atoms with Gasteiger partial charge in [0.05, 0.1) is 0 Å². The number of unbranched alkanes of at least 4 members (excludes halogenated alkanes) is 3. The Bertz CT molecular complexity index is 409. The van der Waals surface area contributed by atoms with E-state index in [1.807, 2.05) is 18.2 Å². The summed E-state index contributed by atoms with van der Waals surface area (Å²) in [6, 6.07) is 0. The molecule has 0 aromatic heterocycles. The van der Waals surface area contributed by atoms with E-state index in [9.17, 15) is 13.0 Å². The van der Waals surface area contributed by atoms with Crippen LogP contribution < -0.4 is 0 Å². The lowest BCUT2D eigenvalue weighted by Gasteiger charge is -2.27. The largest absolute Gasteiger partial charge is 0.744 e. The minimum absolute atomic E-state index is 0.0498. The number of rotatable bonds is 11. The van der Waals surface area contributed by atoms with Gasteiger partial charge in [0.1, 0.15) is 28.7 Å². The summed E-state index contributed by atoms with van der Waals surface area (Å²) in [5.74, 6) is -0.479. The number of quaternary nitrogens is 1. The molecule has 0 aliphatic rings. The van der Waals surface area contributed by atoms with Crippen LogP contribution in [0.1, 0.15) is 59.3 Å². The minimum Gasteiger partial charge on any atom is -0.744 e. The summed E-state index contributed by atoms with van der Waals surface area (Å²) in [5, 5.41) is 0. The molecule has 0 saturated carbocycles. The maximum atomic E-state index is 11.3. The molecular formula is C16H29NO3S. The Morgan fingerprint density at radius 2 is 1.14 bits per heavy atom. The summed E-state index contributed by atoms with van der Waals surface area (Å²) in [5.41, 5.74) is 0. The number of allylic oxidation sites excluding steroid dienone is 3. The second-order valence-electron chi connectivity index (χ2n) is 5.20. The van der Waals surface area contributed by atoms with Crippen LogP contribution in [-0.4, -0.2) is 23.3 Å². The molecule has 0 radical (unpaired) electrons. The van der Waals surface area contributed by atoms with E-state index in [4.69, 9.17) is 0 Å². The van der Waals surface area contributed by atoms with Gasteiger partial charge < -0.3 is 4.55 Å². The molecule has 0 aromatic rings. The molecule has 0 aliphatic heterocycles.